The van der Waals surface area contributed by atoms with Gasteiger partial charge in [-0.15, -0.1) is 0 Å². The number of rotatable bonds is 6. The number of sulfonamides is 1. The average molecular weight is 297 g/mol. The molecule has 1 aliphatic rings. The molecule has 0 heterocycles. The molecule has 0 bridgehead atoms. The van der Waals surface area contributed by atoms with Crippen LogP contribution in [0.2, 0.25) is 0 Å². The largest absolute Gasteiger partial charge is 0.399 e. The number of anilines is 1. The molecular weight excluding hydrogens is 274 g/mol. The summed E-state index contributed by atoms with van der Waals surface area (Å²) < 4.78 is 27.2. The molecular formula is C14H23N3O2S. The van der Waals surface area contributed by atoms with Crippen LogP contribution in [-0.4, -0.2) is 39.0 Å². The van der Waals surface area contributed by atoms with E-state index < -0.39 is 10.0 Å². The third-order valence-corrected chi connectivity index (χ3v) is 5.17. The van der Waals surface area contributed by atoms with E-state index in [4.69, 9.17) is 5.73 Å². The molecule has 1 fully saturated rings. The Hall–Kier alpha value is -1.11. The van der Waals surface area contributed by atoms with Crippen LogP contribution < -0.4 is 10.5 Å². The third-order valence-electron chi connectivity index (χ3n) is 3.77. The van der Waals surface area contributed by atoms with Crippen LogP contribution in [0, 0.1) is 6.92 Å². The number of nitrogens with two attached hydrogens (primary N) is 1. The molecule has 6 heteroatoms. The first-order chi connectivity index (χ1) is 9.29. The fourth-order valence-electron chi connectivity index (χ4n) is 2.23. The first kappa shape index (κ1) is 15.3. The molecule has 0 amide bonds. The van der Waals surface area contributed by atoms with E-state index in [2.05, 4.69) is 9.62 Å². The van der Waals surface area contributed by atoms with Gasteiger partial charge in [0, 0.05) is 24.3 Å². The quantitative estimate of drug-likeness (QED) is 0.777. The zero-order chi connectivity index (χ0) is 14.9. The Morgan fingerprint density at radius 3 is 2.60 bits per heavy atom. The predicted molar refractivity (Wildman–Crippen MR) is 81.0 cm³/mol. The van der Waals surface area contributed by atoms with Crippen molar-refractivity contribution in [3.8, 4) is 0 Å². The molecule has 5 nitrogen and oxygen atoms in total. The maximum Gasteiger partial charge on any atom is 0.240 e. The number of benzene rings is 1. The van der Waals surface area contributed by atoms with Gasteiger partial charge in [-0.1, -0.05) is 0 Å². The number of aryl methyl sites for hydroxylation is 1. The summed E-state index contributed by atoms with van der Waals surface area (Å²) in [7, 11) is -1.45. The Morgan fingerprint density at radius 2 is 2.05 bits per heavy atom. The number of nitrogens with zero attached hydrogens (tertiary/aromatic N) is 1. The minimum Gasteiger partial charge on any atom is -0.399 e. The monoisotopic (exact) mass is 297 g/mol. The number of hydrogen-bond donors (Lipinski definition) is 2. The van der Waals surface area contributed by atoms with E-state index in [-0.39, 0.29) is 10.9 Å². The number of hydrogen-bond acceptors (Lipinski definition) is 4. The molecule has 0 aliphatic heterocycles. The summed E-state index contributed by atoms with van der Waals surface area (Å²) in [6.07, 6.45) is 2.42. The predicted octanol–water partition coefficient (Wildman–Crippen LogP) is 1.34. The lowest BCUT2D eigenvalue weighted by Crippen LogP contribution is -2.41. The topological polar surface area (TPSA) is 75.4 Å². The highest BCUT2D eigenvalue weighted by Gasteiger charge is 2.29. The molecule has 1 aromatic rings. The van der Waals surface area contributed by atoms with Crippen LogP contribution >= 0.6 is 0 Å². The van der Waals surface area contributed by atoms with E-state index in [1.807, 2.05) is 20.9 Å². The fraction of sp³-hybridized carbons (Fsp3) is 0.571. The lowest BCUT2D eigenvalue weighted by molar-refractivity contribution is 0.248. The van der Waals surface area contributed by atoms with Crippen molar-refractivity contribution in [3.05, 3.63) is 23.8 Å². The third kappa shape index (κ3) is 3.71. The average Bonchev–Trinajstić information content (AvgIpc) is 3.18. The van der Waals surface area contributed by atoms with Gasteiger partial charge in [-0.05, 0) is 57.5 Å². The van der Waals surface area contributed by atoms with Gasteiger partial charge in [-0.3, -0.25) is 4.90 Å². The Morgan fingerprint density at radius 1 is 1.40 bits per heavy atom. The van der Waals surface area contributed by atoms with E-state index in [0.29, 0.717) is 18.3 Å². The van der Waals surface area contributed by atoms with Gasteiger partial charge in [-0.25, -0.2) is 13.1 Å². The maximum absolute atomic E-state index is 12.3. The minimum absolute atomic E-state index is 0.180. The highest BCUT2D eigenvalue weighted by atomic mass is 32.2. The van der Waals surface area contributed by atoms with Crippen molar-refractivity contribution in [3.63, 3.8) is 0 Å². The summed E-state index contributed by atoms with van der Waals surface area (Å²) in [5, 5.41) is 0. The molecule has 112 valence electrons. The Bertz CT molecular complexity index is 562. The SMILES string of the molecule is Cc1cc(N)cc(S(=O)(=O)NCC(C)N(C)C2CC2)c1. The van der Waals surface area contributed by atoms with Crippen molar-refractivity contribution in [2.24, 2.45) is 0 Å². The molecule has 1 saturated carbocycles. The van der Waals surface area contributed by atoms with E-state index in [0.717, 1.165) is 5.56 Å². The van der Waals surface area contributed by atoms with Gasteiger partial charge in [0.25, 0.3) is 0 Å². The van der Waals surface area contributed by atoms with E-state index >= 15 is 0 Å². The summed E-state index contributed by atoms with van der Waals surface area (Å²) >= 11 is 0. The van der Waals surface area contributed by atoms with Gasteiger partial charge in [0.05, 0.1) is 4.90 Å². The summed E-state index contributed by atoms with van der Waals surface area (Å²) in [4.78, 5) is 2.46. The highest BCUT2D eigenvalue weighted by Crippen LogP contribution is 2.26. The molecule has 1 atom stereocenters. The highest BCUT2D eigenvalue weighted by molar-refractivity contribution is 7.89. The van der Waals surface area contributed by atoms with Crippen LogP contribution in [0.25, 0.3) is 0 Å². The Kier molecular flexibility index (Phi) is 4.36. The summed E-state index contributed by atoms with van der Waals surface area (Å²) in [5.74, 6) is 0. The molecule has 20 heavy (non-hydrogen) atoms. The van der Waals surface area contributed by atoms with Gasteiger partial charge in [0.15, 0.2) is 0 Å². The smallest absolute Gasteiger partial charge is 0.240 e. The summed E-state index contributed by atoms with van der Waals surface area (Å²) in [6.45, 7) is 4.27. The summed E-state index contributed by atoms with van der Waals surface area (Å²) in [6, 6.07) is 5.67. The Labute approximate surface area is 121 Å². The molecule has 1 unspecified atom stereocenters. The van der Waals surface area contributed by atoms with Crippen molar-refractivity contribution < 1.29 is 8.42 Å². The van der Waals surface area contributed by atoms with Crippen LogP contribution in [0.15, 0.2) is 23.1 Å². The zero-order valence-corrected chi connectivity index (χ0v) is 13.1. The molecule has 2 rings (SSSR count). The van der Waals surface area contributed by atoms with Crippen molar-refractivity contribution in [1.29, 1.82) is 0 Å². The van der Waals surface area contributed by atoms with Gasteiger partial charge < -0.3 is 5.73 Å². The van der Waals surface area contributed by atoms with Crippen molar-refractivity contribution >= 4 is 15.7 Å². The van der Waals surface area contributed by atoms with Crippen LogP contribution in [0.3, 0.4) is 0 Å². The lowest BCUT2D eigenvalue weighted by Gasteiger charge is -2.24. The molecule has 0 aromatic heterocycles. The first-order valence-electron chi connectivity index (χ1n) is 6.88. The minimum atomic E-state index is -3.50. The Balaban J connectivity index is 2.03. The zero-order valence-electron chi connectivity index (χ0n) is 12.3. The second-order valence-electron chi connectivity index (χ2n) is 5.68. The van der Waals surface area contributed by atoms with Gasteiger partial charge >= 0.3 is 0 Å². The second kappa shape index (κ2) is 5.71. The number of likely N-dealkylation sites (N-methyl/N-ethyl adjacent to an activating group) is 1. The summed E-state index contributed by atoms with van der Waals surface area (Å²) in [5.41, 5.74) is 7.02. The number of nitrogen functional groups attached to an aromatic ring is 1. The van der Waals surface area contributed by atoms with Crippen LogP contribution in [0.1, 0.15) is 25.3 Å². The van der Waals surface area contributed by atoms with Crippen LogP contribution in [0.4, 0.5) is 5.69 Å². The second-order valence-corrected chi connectivity index (χ2v) is 7.44. The van der Waals surface area contributed by atoms with Crippen molar-refractivity contribution in [2.75, 3.05) is 19.3 Å². The van der Waals surface area contributed by atoms with Crippen molar-refractivity contribution in [2.45, 2.75) is 43.7 Å². The van der Waals surface area contributed by atoms with Gasteiger partial charge in [-0.2, -0.15) is 0 Å². The lowest BCUT2D eigenvalue weighted by atomic mass is 10.2. The molecule has 1 aliphatic carbocycles. The standard InChI is InChI=1S/C14H23N3O2S/c1-10-6-12(15)8-14(7-10)20(18,19)16-9-11(2)17(3)13-4-5-13/h6-8,11,13,16H,4-5,9,15H2,1-3H3. The van der Waals surface area contributed by atoms with Crippen molar-refractivity contribution in [1.82, 2.24) is 9.62 Å². The van der Waals surface area contributed by atoms with Gasteiger partial charge in [0.2, 0.25) is 10.0 Å². The van der Waals surface area contributed by atoms with Crippen LogP contribution in [0.5, 0.6) is 0 Å². The molecule has 3 N–H and O–H groups in total. The maximum atomic E-state index is 12.3. The van der Waals surface area contributed by atoms with Crippen LogP contribution in [-0.2, 0) is 10.0 Å². The molecule has 1 aromatic carbocycles. The number of nitrogens with one attached hydrogen (secondary N) is 1. The van der Waals surface area contributed by atoms with E-state index in [9.17, 15) is 8.42 Å². The molecule has 0 spiro atoms. The fourth-order valence-corrected chi connectivity index (χ4v) is 3.49. The van der Waals surface area contributed by atoms with E-state index in [1.165, 1.54) is 18.9 Å². The normalized spacial score (nSPS) is 17.4. The first-order valence-corrected chi connectivity index (χ1v) is 8.36. The van der Waals surface area contributed by atoms with E-state index in [1.54, 1.807) is 12.1 Å². The van der Waals surface area contributed by atoms with Gasteiger partial charge in [0.1, 0.15) is 0 Å². The molecule has 0 saturated heterocycles. The molecule has 0 radical (unpaired) electrons.